The fraction of sp³-hybridized carbons (Fsp3) is 0.750. The second-order valence-corrected chi connectivity index (χ2v) is 6.06. The number of nitrogens with zero attached hydrogens (tertiary/aromatic N) is 1. The van der Waals surface area contributed by atoms with E-state index in [1.54, 1.807) is 11.3 Å². The summed E-state index contributed by atoms with van der Waals surface area (Å²) >= 11 is 1.80. The van der Waals surface area contributed by atoms with Crippen molar-refractivity contribution in [2.75, 3.05) is 13.2 Å². The van der Waals surface area contributed by atoms with Crippen molar-refractivity contribution in [2.45, 2.75) is 45.7 Å². The molecule has 2 heterocycles. The number of hydrogen-bond acceptors (Lipinski definition) is 4. The van der Waals surface area contributed by atoms with E-state index in [9.17, 15) is 0 Å². The van der Waals surface area contributed by atoms with Crippen LogP contribution in [0, 0.1) is 13.8 Å². The highest BCUT2D eigenvalue weighted by atomic mass is 32.1. The Labute approximate surface area is 101 Å². The van der Waals surface area contributed by atoms with E-state index in [0.29, 0.717) is 0 Å². The Hall–Kier alpha value is -0.450. The van der Waals surface area contributed by atoms with E-state index in [4.69, 9.17) is 4.74 Å². The van der Waals surface area contributed by atoms with Gasteiger partial charge < -0.3 is 10.1 Å². The molecule has 4 heteroatoms. The molecule has 0 saturated carbocycles. The molecule has 3 nitrogen and oxygen atoms in total. The van der Waals surface area contributed by atoms with Gasteiger partial charge in [0.05, 0.1) is 10.7 Å². The van der Waals surface area contributed by atoms with Gasteiger partial charge >= 0.3 is 0 Å². The summed E-state index contributed by atoms with van der Waals surface area (Å²) in [5.41, 5.74) is 1.41. The molecule has 1 fully saturated rings. The number of rotatable bonds is 3. The molecule has 0 aliphatic carbocycles. The number of aromatic nitrogens is 1. The topological polar surface area (TPSA) is 34.2 Å². The second kappa shape index (κ2) is 4.82. The summed E-state index contributed by atoms with van der Waals surface area (Å²) in [5.74, 6) is 0. The third kappa shape index (κ3) is 2.81. The summed E-state index contributed by atoms with van der Waals surface area (Å²) in [5, 5.41) is 4.82. The molecule has 0 spiro atoms. The van der Waals surface area contributed by atoms with Crippen molar-refractivity contribution < 1.29 is 4.74 Å². The third-order valence-corrected chi connectivity index (χ3v) is 4.34. The first-order valence-electron chi connectivity index (χ1n) is 5.85. The van der Waals surface area contributed by atoms with Gasteiger partial charge in [0.15, 0.2) is 0 Å². The zero-order valence-corrected chi connectivity index (χ0v) is 11.1. The van der Waals surface area contributed by atoms with Crippen LogP contribution in [0.1, 0.15) is 35.3 Å². The van der Waals surface area contributed by atoms with E-state index in [1.807, 2.05) is 0 Å². The summed E-state index contributed by atoms with van der Waals surface area (Å²) in [7, 11) is 0. The average molecular weight is 240 g/mol. The lowest BCUT2D eigenvalue weighted by Gasteiger charge is -2.34. The lowest BCUT2D eigenvalue weighted by molar-refractivity contribution is 0.0447. The van der Waals surface area contributed by atoms with E-state index >= 15 is 0 Å². The van der Waals surface area contributed by atoms with E-state index in [0.717, 1.165) is 37.6 Å². The van der Waals surface area contributed by atoms with Gasteiger partial charge in [-0.2, -0.15) is 0 Å². The Bertz CT molecular complexity index is 356. The molecular weight excluding hydrogens is 220 g/mol. The maximum absolute atomic E-state index is 5.40. The van der Waals surface area contributed by atoms with Gasteiger partial charge in [0.1, 0.15) is 0 Å². The standard InChI is InChI=1S/C12H20N2OS/c1-9-11(16-10(2)14-9)8-13-12(3)4-6-15-7-5-12/h13H,4-8H2,1-3H3. The first-order valence-corrected chi connectivity index (χ1v) is 6.66. The molecule has 0 aromatic carbocycles. The largest absolute Gasteiger partial charge is 0.381 e. The van der Waals surface area contributed by atoms with Gasteiger partial charge in [-0.05, 0) is 33.6 Å². The summed E-state index contributed by atoms with van der Waals surface area (Å²) in [6.45, 7) is 9.14. The minimum atomic E-state index is 0.239. The van der Waals surface area contributed by atoms with Crippen molar-refractivity contribution in [3.05, 3.63) is 15.6 Å². The van der Waals surface area contributed by atoms with Crippen LogP contribution in [0.3, 0.4) is 0 Å². The Morgan fingerprint density at radius 2 is 2.06 bits per heavy atom. The molecule has 0 amide bonds. The van der Waals surface area contributed by atoms with Gasteiger partial charge in [-0.25, -0.2) is 4.98 Å². The normalized spacial score (nSPS) is 19.9. The molecule has 90 valence electrons. The monoisotopic (exact) mass is 240 g/mol. The molecule has 0 unspecified atom stereocenters. The maximum Gasteiger partial charge on any atom is 0.0900 e. The molecule has 0 bridgehead atoms. The fourth-order valence-corrected chi connectivity index (χ4v) is 2.91. The lowest BCUT2D eigenvalue weighted by Crippen LogP contribution is -2.46. The number of hydrogen-bond donors (Lipinski definition) is 1. The van der Waals surface area contributed by atoms with E-state index in [1.165, 1.54) is 10.6 Å². The zero-order valence-electron chi connectivity index (χ0n) is 10.3. The highest BCUT2D eigenvalue weighted by Crippen LogP contribution is 2.22. The Kier molecular flexibility index (Phi) is 3.62. The van der Waals surface area contributed by atoms with Crippen LogP contribution in [0.25, 0.3) is 0 Å². The van der Waals surface area contributed by atoms with Crippen molar-refractivity contribution in [1.29, 1.82) is 0 Å². The summed E-state index contributed by atoms with van der Waals surface area (Å²) < 4.78 is 5.40. The molecule has 16 heavy (non-hydrogen) atoms. The van der Waals surface area contributed by atoms with E-state index in [-0.39, 0.29) is 5.54 Å². The molecule has 0 atom stereocenters. The van der Waals surface area contributed by atoms with Crippen LogP contribution in [-0.4, -0.2) is 23.7 Å². The smallest absolute Gasteiger partial charge is 0.0900 e. The highest BCUT2D eigenvalue weighted by Gasteiger charge is 2.26. The van der Waals surface area contributed by atoms with Gasteiger partial charge in [-0.1, -0.05) is 0 Å². The van der Waals surface area contributed by atoms with Gasteiger partial charge in [-0.3, -0.25) is 0 Å². The predicted molar refractivity (Wildman–Crippen MR) is 66.9 cm³/mol. The highest BCUT2D eigenvalue weighted by molar-refractivity contribution is 7.11. The second-order valence-electron chi connectivity index (χ2n) is 4.77. The zero-order chi connectivity index (χ0) is 11.6. The molecule has 2 rings (SSSR count). The average Bonchev–Trinajstić information content (AvgIpc) is 2.56. The molecule has 0 radical (unpaired) electrons. The first kappa shape index (κ1) is 12.0. The maximum atomic E-state index is 5.40. The number of nitrogens with one attached hydrogen (secondary N) is 1. The minimum absolute atomic E-state index is 0.239. The number of aryl methyl sites for hydroxylation is 2. The van der Waals surface area contributed by atoms with Crippen LogP contribution in [-0.2, 0) is 11.3 Å². The van der Waals surface area contributed by atoms with Crippen LogP contribution < -0.4 is 5.32 Å². The quantitative estimate of drug-likeness (QED) is 0.881. The van der Waals surface area contributed by atoms with Crippen molar-refractivity contribution in [3.8, 4) is 0 Å². The first-order chi connectivity index (χ1) is 7.59. The summed E-state index contributed by atoms with van der Waals surface area (Å²) in [4.78, 5) is 5.82. The van der Waals surface area contributed by atoms with Crippen LogP contribution in [0.15, 0.2) is 0 Å². The molecule has 1 aromatic rings. The third-order valence-electron chi connectivity index (χ3n) is 3.27. The van der Waals surface area contributed by atoms with Crippen LogP contribution in [0.4, 0.5) is 0 Å². The van der Waals surface area contributed by atoms with Gasteiger partial charge in [0.25, 0.3) is 0 Å². The lowest BCUT2D eigenvalue weighted by atomic mass is 9.92. The van der Waals surface area contributed by atoms with Gasteiger partial charge in [0, 0.05) is 30.2 Å². The molecule has 1 N–H and O–H groups in total. The molecule has 1 saturated heterocycles. The van der Waals surface area contributed by atoms with Crippen molar-refractivity contribution in [1.82, 2.24) is 10.3 Å². The van der Waals surface area contributed by atoms with Crippen molar-refractivity contribution >= 4 is 11.3 Å². The molecule has 1 aliphatic heterocycles. The van der Waals surface area contributed by atoms with Gasteiger partial charge in [0.2, 0.25) is 0 Å². The Morgan fingerprint density at radius 1 is 1.38 bits per heavy atom. The number of ether oxygens (including phenoxy) is 1. The van der Waals surface area contributed by atoms with Crippen molar-refractivity contribution in [3.63, 3.8) is 0 Å². The molecular formula is C12H20N2OS. The van der Waals surface area contributed by atoms with Crippen LogP contribution in [0.2, 0.25) is 0 Å². The number of thiazole rings is 1. The van der Waals surface area contributed by atoms with Crippen LogP contribution >= 0.6 is 11.3 Å². The Balaban J connectivity index is 1.93. The van der Waals surface area contributed by atoms with Crippen molar-refractivity contribution in [2.24, 2.45) is 0 Å². The summed E-state index contributed by atoms with van der Waals surface area (Å²) in [6, 6.07) is 0. The van der Waals surface area contributed by atoms with Crippen LogP contribution in [0.5, 0.6) is 0 Å². The predicted octanol–water partition coefficient (Wildman–Crippen LogP) is 2.42. The summed E-state index contributed by atoms with van der Waals surface area (Å²) in [6.07, 6.45) is 2.20. The molecule has 1 aromatic heterocycles. The fourth-order valence-electron chi connectivity index (χ4n) is 2.03. The van der Waals surface area contributed by atoms with Gasteiger partial charge in [-0.15, -0.1) is 11.3 Å². The SMILES string of the molecule is Cc1nc(C)c(CNC2(C)CCOCC2)s1. The van der Waals surface area contributed by atoms with E-state index in [2.05, 4.69) is 31.1 Å². The van der Waals surface area contributed by atoms with E-state index < -0.39 is 0 Å². The Morgan fingerprint density at radius 3 is 2.62 bits per heavy atom. The molecule has 1 aliphatic rings. The minimum Gasteiger partial charge on any atom is -0.381 e.